The number of terminal acetylenes is 1. The zero-order valence-corrected chi connectivity index (χ0v) is 17.5. The molecule has 5 aliphatic rings. The van der Waals surface area contributed by atoms with Crippen molar-refractivity contribution in [1.82, 2.24) is 0 Å². The second-order valence-corrected chi connectivity index (χ2v) is 11.5. The Morgan fingerprint density at radius 1 is 1.11 bits per heavy atom. The summed E-state index contributed by atoms with van der Waals surface area (Å²) in [6.45, 7) is 9.55. The minimum atomic E-state index is -0.112. The normalized spacial score (nSPS) is 55.6. The fraction of sp³-hybridized carbons (Fsp3) is 0.840. The summed E-state index contributed by atoms with van der Waals surface area (Å²) in [5.41, 5.74) is 1.75. The average Bonchev–Trinajstić information content (AvgIpc) is 3.11. The van der Waals surface area contributed by atoms with Gasteiger partial charge < -0.3 is 9.84 Å². The van der Waals surface area contributed by atoms with Gasteiger partial charge in [0.1, 0.15) is 0 Å². The molecular weight excluding hydrogens is 332 g/mol. The van der Waals surface area contributed by atoms with Crippen LogP contribution in [0.15, 0.2) is 11.6 Å². The van der Waals surface area contributed by atoms with Gasteiger partial charge in [-0.2, -0.15) is 0 Å². The number of aliphatic hydroxyl groups excluding tert-OH is 1. The highest BCUT2D eigenvalue weighted by molar-refractivity contribution is 5.38. The molecule has 5 rings (SSSR count). The van der Waals surface area contributed by atoms with Crippen molar-refractivity contribution < 1.29 is 9.84 Å². The summed E-state index contributed by atoms with van der Waals surface area (Å²) in [6, 6.07) is 0. The molecule has 1 heterocycles. The molecule has 4 fully saturated rings. The van der Waals surface area contributed by atoms with Crippen LogP contribution in [0.25, 0.3) is 0 Å². The van der Waals surface area contributed by atoms with Gasteiger partial charge in [-0.25, -0.2) is 0 Å². The molecule has 0 radical (unpaired) electrons. The summed E-state index contributed by atoms with van der Waals surface area (Å²) in [6.07, 6.45) is 16.4. The molecule has 4 aliphatic carbocycles. The molecule has 9 atom stereocenters. The van der Waals surface area contributed by atoms with Gasteiger partial charge in [0.15, 0.2) is 0 Å². The van der Waals surface area contributed by atoms with Crippen LogP contribution in [0.1, 0.15) is 72.6 Å². The molecule has 148 valence electrons. The van der Waals surface area contributed by atoms with Gasteiger partial charge in [0.25, 0.3) is 0 Å². The molecule has 0 aromatic heterocycles. The van der Waals surface area contributed by atoms with Crippen LogP contribution in [0.2, 0.25) is 0 Å². The van der Waals surface area contributed by atoms with Crippen LogP contribution in [-0.2, 0) is 4.74 Å². The molecular formula is C25H36O2. The lowest BCUT2D eigenvalue weighted by Crippen LogP contribution is -2.61. The lowest BCUT2D eigenvalue weighted by Gasteiger charge is -2.63. The third-order valence-corrected chi connectivity index (χ3v) is 9.81. The van der Waals surface area contributed by atoms with Crippen LogP contribution in [0.5, 0.6) is 0 Å². The zero-order valence-electron chi connectivity index (χ0n) is 17.5. The molecule has 2 nitrogen and oxygen atoms in total. The van der Waals surface area contributed by atoms with Crippen molar-refractivity contribution in [1.29, 1.82) is 0 Å². The number of aliphatic hydroxyl groups is 1. The van der Waals surface area contributed by atoms with Crippen LogP contribution in [0.3, 0.4) is 0 Å². The Balaban J connectivity index is 1.59. The van der Waals surface area contributed by atoms with Gasteiger partial charge in [-0.15, -0.1) is 6.42 Å². The van der Waals surface area contributed by atoms with E-state index in [1.165, 1.54) is 24.8 Å². The molecule has 4 unspecified atom stereocenters. The van der Waals surface area contributed by atoms with E-state index in [1.807, 2.05) is 0 Å². The molecule has 0 amide bonds. The fourth-order valence-corrected chi connectivity index (χ4v) is 8.61. The van der Waals surface area contributed by atoms with E-state index in [9.17, 15) is 5.11 Å². The first kappa shape index (κ1) is 18.3. The van der Waals surface area contributed by atoms with Crippen molar-refractivity contribution in [2.24, 2.45) is 40.4 Å². The second kappa shape index (κ2) is 5.64. The largest absolute Gasteiger partial charge is 0.393 e. The van der Waals surface area contributed by atoms with Gasteiger partial charge >= 0.3 is 0 Å². The van der Waals surface area contributed by atoms with Crippen molar-refractivity contribution in [3.05, 3.63) is 11.6 Å². The quantitative estimate of drug-likeness (QED) is 0.612. The molecule has 0 bridgehead atoms. The summed E-state index contributed by atoms with van der Waals surface area (Å²) in [5, 5.41) is 10.5. The van der Waals surface area contributed by atoms with Gasteiger partial charge in [-0.3, -0.25) is 0 Å². The van der Waals surface area contributed by atoms with E-state index in [4.69, 9.17) is 11.2 Å². The highest BCUT2D eigenvalue weighted by atomic mass is 16.5. The summed E-state index contributed by atoms with van der Waals surface area (Å²) in [7, 11) is 0. The number of fused-ring (bicyclic) bond motifs is 8. The molecule has 0 spiro atoms. The Labute approximate surface area is 165 Å². The lowest BCUT2D eigenvalue weighted by atomic mass is 9.42. The van der Waals surface area contributed by atoms with E-state index in [-0.39, 0.29) is 17.1 Å². The third-order valence-electron chi connectivity index (χ3n) is 9.81. The first-order valence-corrected chi connectivity index (χ1v) is 11.2. The SMILES string of the molecule is C#CC1=CCC2C3C(CC[C@]12C)[C@@]1(C)CC[C@@H](O)CC1[C@H]1CC(C)(C)O[C@H]31. The standard InChI is InChI=1S/C25H36O2/c1-6-15-7-8-18-21-19(10-12-24(15,18)4)25(5)11-9-16(26)13-20(25)17-14-23(2,3)27-22(17)21/h1,7,16-22,26H,8-14H2,2-5H3/t16-,17-,18?,19?,20?,21?,22+,24-,25-/m1/s1. The number of allylic oxidation sites excluding steroid dienone is 2. The summed E-state index contributed by atoms with van der Waals surface area (Å²) in [4.78, 5) is 0. The first-order valence-electron chi connectivity index (χ1n) is 11.2. The van der Waals surface area contributed by atoms with Crippen LogP contribution in [-0.4, -0.2) is 22.9 Å². The van der Waals surface area contributed by atoms with Gasteiger partial charge in [-0.05, 0) is 93.8 Å². The van der Waals surface area contributed by atoms with E-state index >= 15 is 0 Å². The van der Waals surface area contributed by atoms with Gasteiger partial charge in [0.05, 0.1) is 17.8 Å². The van der Waals surface area contributed by atoms with E-state index in [1.54, 1.807) is 0 Å². The minimum Gasteiger partial charge on any atom is -0.393 e. The predicted octanol–water partition coefficient (Wildman–Crippen LogP) is 4.96. The summed E-state index contributed by atoms with van der Waals surface area (Å²) in [5.74, 6) is 6.21. The summed E-state index contributed by atoms with van der Waals surface area (Å²) >= 11 is 0. The van der Waals surface area contributed by atoms with Gasteiger partial charge in [-0.1, -0.05) is 25.8 Å². The molecule has 1 saturated heterocycles. The number of ether oxygens (including phenoxy) is 1. The minimum absolute atomic E-state index is 0.0393. The van der Waals surface area contributed by atoms with Crippen molar-refractivity contribution >= 4 is 0 Å². The van der Waals surface area contributed by atoms with Crippen LogP contribution < -0.4 is 0 Å². The Hall–Kier alpha value is -0.780. The monoisotopic (exact) mass is 368 g/mol. The highest BCUT2D eigenvalue weighted by Gasteiger charge is 2.66. The fourth-order valence-electron chi connectivity index (χ4n) is 8.61. The zero-order chi connectivity index (χ0) is 19.2. The van der Waals surface area contributed by atoms with E-state index in [0.717, 1.165) is 25.7 Å². The number of hydrogen-bond acceptors (Lipinski definition) is 2. The molecule has 0 aromatic carbocycles. The van der Waals surface area contributed by atoms with E-state index < -0.39 is 0 Å². The second-order valence-electron chi connectivity index (χ2n) is 11.5. The third kappa shape index (κ3) is 2.34. The molecule has 27 heavy (non-hydrogen) atoms. The molecule has 1 aliphatic heterocycles. The van der Waals surface area contributed by atoms with E-state index in [2.05, 4.69) is 39.7 Å². The topological polar surface area (TPSA) is 29.5 Å². The average molecular weight is 369 g/mol. The molecule has 1 N–H and O–H groups in total. The number of rotatable bonds is 0. The Kier molecular flexibility index (Phi) is 3.81. The van der Waals surface area contributed by atoms with Gasteiger partial charge in [0.2, 0.25) is 0 Å². The van der Waals surface area contributed by atoms with Gasteiger partial charge in [0, 0.05) is 11.0 Å². The first-order chi connectivity index (χ1) is 12.7. The van der Waals surface area contributed by atoms with Crippen molar-refractivity contribution in [3.63, 3.8) is 0 Å². The van der Waals surface area contributed by atoms with Crippen molar-refractivity contribution in [3.8, 4) is 12.3 Å². The maximum atomic E-state index is 10.5. The lowest BCUT2D eigenvalue weighted by molar-refractivity contribution is -0.194. The Morgan fingerprint density at radius 3 is 2.63 bits per heavy atom. The Bertz CT molecular complexity index is 714. The number of hydrogen-bond donors (Lipinski definition) is 1. The van der Waals surface area contributed by atoms with Crippen molar-refractivity contribution in [2.45, 2.75) is 90.4 Å². The molecule has 2 heteroatoms. The van der Waals surface area contributed by atoms with Crippen LogP contribution in [0.4, 0.5) is 0 Å². The highest BCUT2D eigenvalue weighted by Crippen LogP contribution is 2.69. The summed E-state index contributed by atoms with van der Waals surface area (Å²) < 4.78 is 6.82. The predicted molar refractivity (Wildman–Crippen MR) is 108 cm³/mol. The Morgan fingerprint density at radius 2 is 1.89 bits per heavy atom. The molecule has 0 aromatic rings. The van der Waals surface area contributed by atoms with Crippen molar-refractivity contribution in [2.75, 3.05) is 0 Å². The molecule has 3 saturated carbocycles. The van der Waals surface area contributed by atoms with Crippen LogP contribution >= 0.6 is 0 Å². The van der Waals surface area contributed by atoms with Crippen LogP contribution in [0, 0.1) is 52.8 Å². The maximum Gasteiger partial charge on any atom is 0.0648 e. The maximum absolute atomic E-state index is 10.5. The van der Waals surface area contributed by atoms with E-state index in [0.29, 0.717) is 41.1 Å². The smallest absolute Gasteiger partial charge is 0.0648 e.